The van der Waals surface area contributed by atoms with E-state index >= 15 is 0 Å². The summed E-state index contributed by atoms with van der Waals surface area (Å²) < 4.78 is 18.4. The van der Waals surface area contributed by atoms with E-state index in [-0.39, 0.29) is 17.8 Å². The number of hydrogen-bond acceptors (Lipinski definition) is 2. The molecule has 4 heteroatoms. The van der Waals surface area contributed by atoms with Gasteiger partial charge in [-0.15, -0.1) is 0 Å². The van der Waals surface area contributed by atoms with Crippen molar-refractivity contribution >= 4 is 5.91 Å². The van der Waals surface area contributed by atoms with Crippen LogP contribution in [0.3, 0.4) is 0 Å². The third-order valence-corrected chi connectivity index (χ3v) is 3.95. The fraction of sp³-hybridized carbons (Fsp3) is 0.588. The number of hydrogen-bond donors (Lipinski definition) is 1. The number of carbonyl (C=O) groups excluding carboxylic acids is 1. The molecule has 1 aliphatic carbocycles. The Balaban J connectivity index is 1.82. The van der Waals surface area contributed by atoms with Crippen molar-refractivity contribution in [3.05, 3.63) is 30.1 Å². The number of carbonyl (C=O) groups is 1. The quantitative estimate of drug-likeness (QED) is 0.916. The highest BCUT2D eigenvalue weighted by atomic mass is 19.1. The molecule has 0 aliphatic heterocycles. The molecule has 1 aliphatic rings. The van der Waals surface area contributed by atoms with Gasteiger partial charge in [-0.25, -0.2) is 4.39 Å². The lowest BCUT2D eigenvalue weighted by molar-refractivity contribution is -0.128. The van der Waals surface area contributed by atoms with Crippen LogP contribution < -0.4 is 10.1 Å². The van der Waals surface area contributed by atoms with Crippen molar-refractivity contribution in [1.82, 2.24) is 5.32 Å². The van der Waals surface area contributed by atoms with Crippen molar-refractivity contribution in [1.29, 1.82) is 0 Å². The molecule has 1 aromatic carbocycles. The molecule has 1 fully saturated rings. The summed E-state index contributed by atoms with van der Waals surface area (Å²) in [6.45, 7) is 1.72. The molecule has 1 atom stereocenters. The van der Waals surface area contributed by atoms with Crippen LogP contribution in [-0.2, 0) is 4.79 Å². The van der Waals surface area contributed by atoms with E-state index in [0.29, 0.717) is 5.75 Å². The maximum atomic E-state index is 12.8. The van der Waals surface area contributed by atoms with Gasteiger partial charge in [-0.1, -0.05) is 32.1 Å². The Bertz CT molecular complexity index is 439. The molecule has 0 spiro atoms. The lowest BCUT2D eigenvalue weighted by Gasteiger charge is -2.23. The average molecular weight is 293 g/mol. The minimum atomic E-state index is -0.569. The summed E-state index contributed by atoms with van der Waals surface area (Å²) in [5, 5.41) is 3.08. The lowest BCUT2D eigenvalue weighted by atomic mass is 9.96. The van der Waals surface area contributed by atoms with Crippen molar-refractivity contribution < 1.29 is 13.9 Å². The fourth-order valence-corrected chi connectivity index (χ4v) is 2.69. The monoisotopic (exact) mass is 293 g/mol. The smallest absolute Gasteiger partial charge is 0.260 e. The van der Waals surface area contributed by atoms with Crippen molar-refractivity contribution in [2.45, 2.75) is 64.0 Å². The highest BCUT2D eigenvalue weighted by Crippen LogP contribution is 2.18. The number of halogens is 1. The highest BCUT2D eigenvalue weighted by molar-refractivity contribution is 5.81. The van der Waals surface area contributed by atoms with Gasteiger partial charge in [0.1, 0.15) is 11.6 Å². The topological polar surface area (TPSA) is 38.3 Å². The summed E-state index contributed by atoms with van der Waals surface area (Å²) in [6.07, 6.45) is 7.72. The maximum absolute atomic E-state index is 12.8. The van der Waals surface area contributed by atoms with Gasteiger partial charge >= 0.3 is 0 Å². The second kappa shape index (κ2) is 8.01. The summed E-state index contributed by atoms with van der Waals surface area (Å²) in [5.74, 6) is 0.107. The summed E-state index contributed by atoms with van der Waals surface area (Å²) >= 11 is 0. The minimum absolute atomic E-state index is 0.0927. The molecule has 0 aromatic heterocycles. The van der Waals surface area contributed by atoms with Crippen LogP contribution in [0.4, 0.5) is 4.39 Å². The molecule has 0 bridgehead atoms. The van der Waals surface area contributed by atoms with Crippen molar-refractivity contribution in [2.24, 2.45) is 0 Å². The molecule has 0 heterocycles. The first kappa shape index (κ1) is 15.8. The van der Waals surface area contributed by atoms with Gasteiger partial charge in [0.15, 0.2) is 6.10 Å². The van der Waals surface area contributed by atoms with Crippen LogP contribution in [-0.4, -0.2) is 18.1 Å². The molecule has 3 nitrogen and oxygen atoms in total. The molecule has 1 amide bonds. The van der Waals surface area contributed by atoms with Crippen molar-refractivity contribution in [3.8, 4) is 5.75 Å². The number of amides is 1. The molecule has 0 radical (unpaired) electrons. The Labute approximate surface area is 125 Å². The molecule has 2 rings (SSSR count). The van der Waals surface area contributed by atoms with Crippen LogP contribution in [0.2, 0.25) is 0 Å². The van der Waals surface area contributed by atoms with E-state index < -0.39 is 6.10 Å². The predicted octanol–water partition coefficient (Wildman–Crippen LogP) is 3.82. The van der Waals surface area contributed by atoms with E-state index in [1.807, 2.05) is 0 Å². The Morgan fingerprint density at radius 3 is 2.33 bits per heavy atom. The lowest BCUT2D eigenvalue weighted by Crippen LogP contribution is -2.42. The third kappa shape index (κ3) is 5.37. The highest BCUT2D eigenvalue weighted by Gasteiger charge is 2.19. The zero-order valence-electron chi connectivity index (χ0n) is 12.6. The Morgan fingerprint density at radius 1 is 1.14 bits per heavy atom. The molecule has 116 valence electrons. The van der Waals surface area contributed by atoms with E-state index in [9.17, 15) is 9.18 Å². The summed E-state index contributed by atoms with van der Waals surface area (Å²) in [7, 11) is 0. The Morgan fingerprint density at radius 2 is 1.71 bits per heavy atom. The molecule has 1 N–H and O–H groups in total. The normalized spacial score (nSPS) is 18.4. The Hall–Kier alpha value is -1.58. The number of nitrogens with one attached hydrogen (secondary N) is 1. The molecule has 1 unspecified atom stereocenters. The second-order valence-electron chi connectivity index (χ2n) is 5.76. The predicted molar refractivity (Wildman–Crippen MR) is 80.7 cm³/mol. The standard InChI is InChI=1S/C17H24FNO2/c1-13(21-16-11-9-14(18)10-12-16)17(20)19-15-7-5-3-2-4-6-8-15/h9-13,15H,2-8H2,1H3,(H,19,20). The van der Waals surface area contributed by atoms with E-state index in [4.69, 9.17) is 4.74 Å². The third-order valence-electron chi connectivity index (χ3n) is 3.95. The Kier molecular flexibility index (Phi) is 6.03. The van der Waals surface area contributed by atoms with Gasteiger partial charge in [-0.05, 0) is 44.0 Å². The summed E-state index contributed by atoms with van der Waals surface area (Å²) in [5.41, 5.74) is 0. The van der Waals surface area contributed by atoms with E-state index in [1.54, 1.807) is 6.92 Å². The first-order chi connectivity index (χ1) is 10.1. The van der Waals surface area contributed by atoms with Gasteiger partial charge in [0.05, 0.1) is 0 Å². The fourth-order valence-electron chi connectivity index (χ4n) is 2.69. The molecule has 21 heavy (non-hydrogen) atoms. The van der Waals surface area contributed by atoms with E-state index in [0.717, 1.165) is 12.8 Å². The van der Waals surface area contributed by atoms with Gasteiger partial charge in [-0.2, -0.15) is 0 Å². The first-order valence-electron chi connectivity index (χ1n) is 7.88. The van der Waals surface area contributed by atoms with Crippen LogP contribution in [0.5, 0.6) is 5.75 Å². The molecule has 1 saturated carbocycles. The molecular weight excluding hydrogens is 269 g/mol. The van der Waals surface area contributed by atoms with Crippen LogP contribution in [0.1, 0.15) is 51.9 Å². The van der Waals surface area contributed by atoms with Gasteiger partial charge in [0, 0.05) is 6.04 Å². The van der Waals surface area contributed by atoms with Crippen LogP contribution in [0, 0.1) is 5.82 Å². The SMILES string of the molecule is CC(Oc1ccc(F)cc1)C(=O)NC1CCCCCCC1. The second-order valence-corrected chi connectivity index (χ2v) is 5.76. The van der Waals surface area contributed by atoms with Gasteiger partial charge in [0.2, 0.25) is 0 Å². The average Bonchev–Trinajstić information content (AvgIpc) is 2.44. The molecule has 0 saturated heterocycles. The van der Waals surface area contributed by atoms with Gasteiger partial charge in [0.25, 0.3) is 5.91 Å². The maximum Gasteiger partial charge on any atom is 0.260 e. The number of ether oxygens (including phenoxy) is 1. The van der Waals surface area contributed by atoms with E-state index in [2.05, 4.69) is 5.32 Å². The molecular formula is C17H24FNO2. The largest absolute Gasteiger partial charge is 0.481 e. The van der Waals surface area contributed by atoms with Crippen molar-refractivity contribution in [2.75, 3.05) is 0 Å². The molecule has 1 aromatic rings. The van der Waals surface area contributed by atoms with Gasteiger partial charge in [-0.3, -0.25) is 4.79 Å². The minimum Gasteiger partial charge on any atom is -0.481 e. The van der Waals surface area contributed by atoms with Gasteiger partial charge < -0.3 is 10.1 Å². The first-order valence-corrected chi connectivity index (χ1v) is 7.88. The zero-order chi connectivity index (χ0) is 15.1. The van der Waals surface area contributed by atoms with Crippen LogP contribution in [0.25, 0.3) is 0 Å². The van der Waals surface area contributed by atoms with E-state index in [1.165, 1.54) is 56.4 Å². The zero-order valence-corrected chi connectivity index (χ0v) is 12.6. The summed E-state index contributed by atoms with van der Waals surface area (Å²) in [6, 6.07) is 5.99. The van der Waals surface area contributed by atoms with Crippen LogP contribution >= 0.6 is 0 Å². The number of rotatable bonds is 4. The summed E-state index contributed by atoms with van der Waals surface area (Å²) in [4.78, 5) is 12.2. The van der Waals surface area contributed by atoms with Crippen molar-refractivity contribution in [3.63, 3.8) is 0 Å². The number of benzene rings is 1. The van der Waals surface area contributed by atoms with Crippen LogP contribution in [0.15, 0.2) is 24.3 Å².